The summed E-state index contributed by atoms with van der Waals surface area (Å²) >= 11 is 0. The first-order valence-corrected chi connectivity index (χ1v) is 8.87. The Morgan fingerprint density at radius 2 is 1.71 bits per heavy atom. The number of nitrogens with one attached hydrogen (secondary N) is 3. The lowest BCUT2D eigenvalue weighted by molar-refractivity contribution is 0.102. The van der Waals surface area contributed by atoms with Crippen LogP contribution in [-0.4, -0.2) is 11.9 Å². The van der Waals surface area contributed by atoms with E-state index in [1.807, 2.05) is 56.3 Å². The minimum Gasteiger partial charge on any atom is -0.454 e. The molecule has 3 aromatic carbocycles. The summed E-state index contributed by atoms with van der Waals surface area (Å²) in [4.78, 5) is 24.9. The number of hydrogen-bond donors (Lipinski definition) is 3. The van der Waals surface area contributed by atoms with E-state index in [1.165, 1.54) is 0 Å². The molecule has 0 saturated carbocycles. The summed E-state index contributed by atoms with van der Waals surface area (Å²) in [6.07, 6.45) is 0. The van der Waals surface area contributed by atoms with Crippen molar-refractivity contribution in [1.82, 2.24) is 0 Å². The molecule has 1 heterocycles. The Bertz CT molecular complexity index is 1090. The van der Waals surface area contributed by atoms with Gasteiger partial charge in [0.15, 0.2) is 5.75 Å². The topological polar surface area (TPSA) is 79.5 Å². The van der Waals surface area contributed by atoms with Gasteiger partial charge in [-0.3, -0.25) is 4.79 Å². The van der Waals surface area contributed by atoms with E-state index < -0.39 is 0 Å². The lowest BCUT2D eigenvalue weighted by Crippen LogP contribution is -2.20. The fourth-order valence-corrected chi connectivity index (χ4v) is 3.01. The molecule has 0 spiro atoms. The third-order valence-electron chi connectivity index (χ3n) is 4.48. The lowest BCUT2D eigenvalue weighted by atomic mass is 10.1. The zero-order chi connectivity index (χ0) is 19.7. The Morgan fingerprint density at radius 3 is 2.54 bits per heavy atom. The highest BCUT2D eigenvalue weighted by molar-refractivity contribution is 6.09. The number of ether oxygens (including phenoxy) is 1. The van der Waals surface area contributed by atoms with Crippen molar-refractivity contribution in [1.29, 1.82) is 0 Å². The molecule has 140 valence electrons. The molecule has 0 aliphatic carbocycles. The second-order valence-electron chi connectivity index (χ2n) is 6.66. The number of carbonyl (C=O) groups excluding carboxylic acids is 2. The van der Waals surface area contributed by atoms with Gasteiger partial charge < -0.3 is 20.7 Å². The zero-order valence-electron chi connectivity index (χ0n) is 15.5. The number of urea groups is 1. The zero-order valence-corrected chi connectivity index (χ0v) is 15.5. The molecule has 0 saturated heterocycles. The minimum atomic E-state index is -0.386. The second kappa shape index (κ2) is 7.08. The van der Waals surface area contributed by atoms with Crippen molar-refractivity contribution in [3.63, 3.8) is 0 Å². The third-order valence-corrected chi connectivity index (χ3v) is 4.48. The van der Waals surface area contributed by atoms with Crippen LogP contribution in [-0.2, 0) is 0 Å². The summed E-state index contributed by atoms with van der Waals surface area (Å²) < 4.78 is 5.89. The van der Waals surface area contributed by atoms with Gasteiger partial charge in [-0.15, -0.1) is 0 Å². The van der Waals surface area contributed by atoms with Crippen LogP contribution >= 0.6 is 0 Å². The van der Waals surface area contributed by atoms with Gasteiger partial charge in [0.1, 0.15) is 5.75 Å². The van der Waals surface area contributed by atoms with Crippen LogP contribution in [0.3, 0.4) is 0 Å². The highest BCUT2D eigenvalue weighted by Gasteiger charge is 2.21. The third kappa shape index (κ3) is 3.53. The number of aryl methyl sites for hydroxylation is 2. The summed E-state index contributed by atoms with van der Waals surface area (Å²) in [5.41, 5.74) is 4.16. The van der Waals surface area contributed by atoms with Crippen molar-refractivity contribution in [2.24, 2.45) is 0 Å². The van der Waals surface area contributed by atoms with E-state index in [2.05, 4.69) is 16.0 Å². The summed E-state index contributed by atoms with van der Waals surface area (Å²) in [5, 5.41) is 8.41. The van der Waals surface area contributed by atoms with Crippen LogP contribution in [0.2, 0.25) is 0 Å². The molecule has 3 N–H and O–H groups in total. The maximum atomic E-state index is 12.6. The van der Waals surface area contributed by atoms with Crippen molar-refractivity contribution in [2.75, 3.05) is 16.0 Å². The molecule has 4 rings (SSSR count). The molecule has 6 nitrogen and oxygen atoms in total. The number of fused-ring (bicyclic) bond motifs is 2. The monoisotopic (exact) mass is 373 g/mol. The SMILES string of the molecule is Cc1ccc2c(c1)NC(=O)c1cc(NC(=O)Nc3ccccc3C)ccc1O2. The number of benzene rings is 3. The maximum Gasteiger partial charge on any atom is 0.323 e. The fourth-order valence-electron chi connectivity index (χ4n) is 3.01. The van der Waals surface area contributed by atoms with Gasteiger partial charge in [0, 0.05) is 11.4 Å². The van der Waals surface area contributed by atoms with E-state index in [9.17, 15) is 9.59 Å². The quantitative estimate of drug-likeness (QED) is 0.570. The molecule has 0 aromatic heterocycles. The Balaban J connectivity index is 1.55. The Morgan fingerprint density at radius 1 is 0.929 bits per heavy atom. The average molecular weight is 373 g/mol. The average Bonchev–Trinajstić information content (AvgIpc) is 2.79. The van der Waals surface area contributed by atoms with Crippen LogP contribution in [0.5, 0.6) is 11.5 Å². The minimum absolute atomic E-state index is 0.290. The first-order valence-electron chi connectivity index (χ1n) is 8.87. The molecule has 1 aliphatic heterocycles. The fraction of sp³-hybridized carbons (Fsp3) is 0.0909. The standard InChI is InChI=1S/C22H19N3O3/c1-13-7-9-20-18(11-13)24-21(26)16-12-15(8-10-19(16)28-20)23-22(27)25-17-6-4-3-5-14(17)2/h3-12H,1-2H3,(H,24,26)(H2,23,25,27). The molecule has 6 heteroatoms. The first kappa shape index (κ1) is 17.6. The number of para-hydroxylation sites is 1. The number of carbonyl (C=O) groups is 2. The Kier molecular flexibility index (Phi) is 4.45. The molecule has 0 atom stereocenters. The summed E-state index contributed by atoms with van der Waals surface area (Å²) in [6.45, 7) is 3.86. The van der Waals surface area contributed by atoms with Crippen LogP contribution < -0.4 is 20.7 Å². The number of amides is 3. The van der Waals surface area contributed by atoms with Crippen LogP contribution in [0.15, 0.2) is 60.7 Å². The van der Waals surface area contributed by atoms with E-state index in [0.29, 0.717) is 28.4 Å². The van der Waals surface area contributed by atoms with Gasteiger partial charge >= 0.3 is 6.03 Å². The van der Waals surface area contributed by atoms with Crippen LogP contribution in [0.25, 0.3) is 0 Å². The van der Waals surface area contributed by atoms with Crippen molar-refractivity contribution >= 4 is 29.0 Å². The second-order valence-corrected chi connectivity index (χ2v) is 6.66. The van der Waals surface area contributed by atoms with Crippen molar-refractivity contribution in [3.05, 3.63) is 77.4 Å². The van der Waals surface area contributed by atoms with Crippen LogP contribution in [0.4, 0.5) is 21.9 Å². The van der Waals surface area contributed by atoms with Gasteiger partial charge in [0.05, 0.1) is 11.3 Å². The van der Waals surface area contributed by atoms with Crippen molar-refractivity contribution in [2.45, 2.75) is 13.8 Å². The normalized spacial score (nSPS) is 12.0. The number of rotatable bonds is 2. The number of anilines is 3. The Hall–Kier alpha value is -3.80. The van der Waals surface area contributed by atoms with Crippen molar-refractivity contribution in [3.8, 4) is 11.5 Å². The highest BCUT2D eigenvalue weighted by Crippen LogP contribution is 2.37. The molecule has 0 unspecified atom stereocenters. The molecule has 0 radical (unpaired) electrons. The van der Waals surface area contributed by atoms with E-state index >= 15 is 0 Å². The molecule has 3 amide bonds. The van der Waals surface area contributed by atoms with Gasteiger partial charge in [-0.1, -0.05) is 24.3 Å². The van der Waals surface area contributed by atoms with Crippen LogP contribution in [0.1, 0.15) is 21.5 Å². The van der Waals surface area contributed by atoms with Gasteiger partial charge in [-0.25, -0.2) is 4.79 Å². The largest absolute Gasteiger partial charge is 0.454 e. The number of hydrogen-bond acceptors (Lipinski definition) is 3. The summed E-state index contributed by atoms with van der Waals surface area (Å²) in [7, 11) is 0. The van der Waals surface area contributed by atoms with E-state index in [1.54, 1.807) is 18.2 Å². The van der Waals surface area contributed by atoms with Crippen LogP contribution in [0, 0.1) is 13.8 Å². The van der Waals surface area contributed by atoms with Gasteiger partial charge in [-0.2, -0.15) is 0 Å². The van der Waals surface area contributed by atoms with Crippen molar-refractivity contribution < 1.29 is 14.3 Å². The Labute approximate surface area is 162 Å². The molecular formula is C22H19N3O3. The first-order chi connectivity index (χ1) is 13.5. The lowest BCUT2D eigenvalue weighted by Gasteiger charge is -2.12. The predicted molar refractivity (Wildman–Crippen MR) is 109 cm³/mol. The van der Waals surface area contributed by atoms with Gasteiger partial charge in [0.25, 0.3) is 5.91 Å². The predicted octanol–water partition coefficient (Wildman–Crippen LogP) is 5.31. The van der Waals surface area contributed by atoms with Gasteiger partial charge in [-0.05, 0) is 61.4 Å². The molecule has 3 aromatic rings. The van der Waals surface area contributed by atoms with E-state index in [4.69, 9.17) is 4.74 Å². The molecule has 0 fully saturated rings. The maximum absolute atomic E-state index is 12.6. The summed E-state index contributed by atoms with van der Waals surface area (Å²) in [5.74, 6) is 0.725. The molecule has 28 heavy (non-hydrogen) atoms. The summed E-state index contributed by atoms with van der Waals surface area (Å²) in [6, 6.07) is 17.7. The van der Waals surface area contributed by atoms with E-state index in [-0.39, 0.29) is 11.9 Å². The van der Waals surface area contributed by atoms with E-state index in [0.717, 1.165) is 16.8 Å². The van der Waals surface area contributed by atoms with Gasteiger partial charge in [0.2, 0.25) is 0 Å². The molecular weight excluding hydrogens is 354 g/mol. The molecule has 0 bridgehead atoms. The highest BCUT2D eigenvalue weighted by atomic mass is 16.5. The molecule has 1 aliphatic rings. The smallest absolute Gasteiger partial charge is 0.323 e.